The SMILES string of the molecule is CCCCC=CP(C(C)(C)C)C(C)(C)C. The van der Waals surface area contributed by atoms with Crippen LogP contribution >= 0.6 is 7.92 Å². The average Bonchev–Trinajstić information content (AvgIpc) is 1.99. The minimum absolute atomic E-state index is 0.0399. The van der Waals surface area contributed by atoms with Gasteiger partial charge in [-0.3, -0.25) is 0 Å². The summed E-state index contributed by atoms with van der Waals surface area (Å²) in [6, 6.07) is 0. The van der Waals surface area contributed by atoms with Gasteiger partial charge in [0, 0.05) is 0 Å². The molecular formula is C14H29P. The van der Waals surface area contributed by atoms with Crippen molar-refractivity contribution < 1.29 is 0 Å². The summed E-state index contributed by atoms with van der Waals surface area (Å²) in [6.07, 6.45) is 6.29. The van der Waals surface area contributed by atoms with Crippen LogP contribution in [0.5, 0.6) is 0 Å². The third-order valence-electron chi connectivity index (χ3n) is 2.42. The Bertz CT molecular complexity index is 176. The lowest BCUT2D eigenvalue weighted by molar-refractivity contribution is 0.713. The Labute approximate surface area is 98.3 Å². The van der Waals surface area contributed by atoms with Crippen LogP contribution in [0.25, 0.3) is 0 Å². The molecule has 0 aromatic heterocycles. The van der Waals surface area contributed by atoms with E-state index in [-0.39, 0.29) is 7.92 Å². The van der Waals surface area contributed by atoms with Crippen molar-refractivity contribution in [3.05, 3.63) is 11.9 Å². The summed E-state index contributed by atoms with van der Waals surface area (Å²) in [5, 5.41) is 0.854. The van der Waals surface area contributed by atoms with E-state index in [9.17, 15) is 0 Å². The first kappa shape index (κ1) is 15.2. The fourth-order valence-corrected chi connectivity index (χ4v) is 5.22. The maximum absolute atomic E-state index is 2.50. The fourth-order valence-electron chi connectivity index (χ4n) is 1.96. The number of allylic oxidation sites excluding steroid dienone is 1. The molecular weight excluding hydrogens is 199 g/mol. The lowest BCUT2D eigenvalue weighted by Crippen LogP contribution is -2.23. The predicted molar refractivity (Wildman–Crippen MR) is 75.1 cm³/mol. The Morgan fingerprint density at radius 1 is 0.933 bits per heavy atom. The average molecular weight is 228 g/mol. The smallest absolute Gasteiger partial charge is 0.0140 e. The van der Waals surface area contributed by atoms with E-state index in [4.69, 9.17) is 0 Å². The van der Waals surface area contributed by atoms with Gasteiger partial charge in [-0.15, -0.1) is 0 Å². The Kier molecular flexibility index (Phi) is 6.11. The highest BCUT2D eigenvalue weighted by molar-refractivity contribution is 7.63. The molecule has 0 rings (SSSR count). The van der Waals surface area contributed by atoms with Crippen LogP contribution in [-0.2, 0) is 0 Å². The van der Waals surface area contributed by atoms with Crippen molar-refractivity contribution in [1.29, 1.82) is 0 Å². The molecule has 0 aliphatic carbocycles. The van der Waals surface area contributed by atoms with Gasteiger partial charge in [0.1, 0.15) is 0 Å². The van der Waals surface area contributed by atoms with Crippen molar-refractivity contribution in [3.8, 4) is 0 Å². The van der Waals surface area contributed by atoms with E-state index in [2.05, 4.69) is 60.4 Å². The van der Waals surface area contributed by atoms with Crippen LogP contribution in [0.15, 0.2) is 11.9 Å². The van der Waals surface area contributed by atoms with Crippen molar-refractivity contribution in [3.63, 3.8) is 0 Å². The quantitative estimate of drug-likeness (QED) is 0.423. The van der Waals surface area contributed by atoms with Gasteiger partial charge in [0.05, 0.1) is 0 Å². The number of hydrogen-bond acceptors (Lipinski definition) is 0. The van der Waals surface area contributed by atoms with E-state index >= 15 is 0 Å². The van der Waals surface area contributed by atoms with E-state index in [0.29, 0.717) is 10.3 Å². The summed E-state index contributed by atoms with van der Waals surface area (Å²) in [7, 11) is -0.0399. The molecule has 0 saturated carbocycles. The molecule has 0 spiro atoms. The highest BCUT2D eigenvalue weighted by Gasteiger charge is 2.31. The summed E-state index contributed by atoms with van der Waals surface area (Å²) < 4.78 is 0. The molecule has 0 aliphatic rings. The minimum Gasteiger partial charge on any atom is -0.0840 e. The first-order chi connectivity index (χ1) is 6.69. The first-order valence-electron chi connectivity index (χ1n) is 6.15. The molecule has 0 N–H and O–H groups in total. The van der Waals surface area contributed by atoms with E-state index in [1.54, 1.807) is 0 Å². The highest BCUT2D eigenvalue weighted by Crippen LogP contribution is 2.60. The van der Waals surface area contributed by atoms with Crippen LogP contribution in [0.2, 0.25) is 0 Å². The molecule has 0 unspecified atom stereocenters. The second-order valence-electron chi connectivity index (χ2n) is 6.24. The lowest BCUT2D eigenvalue weighted by Gasteiger charge is -2.39. The van der Waals surface area contributed by atoms with Crippen molar-refractivity contribution in [2.75, 3.05) is 0 Å². The molecule has 0 fully saturated rings. The summed E-state index contributed by atoms with van der Waals surface area (Å²) in [4.78, 5) is 0. The van der Waals surface area contributed by atoms with Gasteiger partial charge in [-0.25, -0.2) is 0 Å². The Morgan fingerprint density at radius 3 is 1.73 bits per heavy atom. The Balaban J connectivity index is 4.47. The van der Waals surface area contributed by atoms with Gasteiger partial charge < -0.3 is 0 Å². The monoisotopic (exact) mass is 228 g/mol. The zero-order valence-electron chi connectivity index (χ0n) is 11.7. The van der Waals surface area contributed by atoms with Gasteiger partial charge in [-0.1, -0.05) is 81.1 Å². The van der Waals surface area contributed by atoms with E-state index < -0.39 is 0 Å². The molecule has 0 aromatic rings. The summed E-state index contributed by atoms with van der Waals surface area (Å²) in [6.45, 7) is 16.5. The van der Waals surface area contributed by atoms with Crippen molar-refractivity contribution in [2.24, 2.45) is 0 Å². The van der Waals surface area contributed by atoms with Crippen LogP contribution in [0, 0.1) is 0 Å². The van der Waals surface area contributed by atoms with Gasteiger partial charge in [0.2, 0.25) is 0 Å². The van der Waals surface area contributed by atoms with Gasteiger partial charge in [-0.05, 0) is 16.7 Å². The summed E-state index contributed by atoms with van der Waals surface area (Å²) in [5.41, 5.74) is 0. The first-order valence-corrected chi connectivity index (χ1v) is 7.56. The van der Waals surface area contributed by atoms with Crippen LogP contribution in [-0.4, -0.2) is 10.3 Å². The second-order valence-corrected chi connectivity index (χ2v) is 9.96. The predicted octanol–water partition coefficient (Wildman–Crippen LogP) is 5.77. The molecule has 0 bridgehead atoms. The maximum atomic E-state index is 2.50. The van der Waals surface area contributed by atoms with E-state index in [1.807, 2.05) is 0 Å². The van der Waals surface area contributed by atoms with Crippen LogP contribution in [0.4, 0.5) is 0 Å². The van der Waals surface area contributed by atoms with Gasteiger partial charge in [0.25, 0.3) is 0 Å². The normalized spacial score (nSPS) is 14.1. The Hall–Kier alpha value is 0.170. The third kappa shape index (κ3) is 6.36. The zero-order chi connectivity index (χ0) is 12.1. The minimum atomic E-state index is -0.0399. The fraction of sp³-hybridized carbons (Fsp3) is 0.857. The number of rotatable bonds is 4. The molecule has 0 saturated heterocycles. The van der Waals surface area contributed by atoms with E-state index in [0.717, 1.165) is 0 Å². The largest absolute Gasteiger partial charge is 0.0840 e. The van der Waals surface area contributed by atoms with Crippen molar-refractivity contribution in [1.82, 2.24) is 0 Å². The summed E-state index contributed by atoms with van der Waals surface area (Å²) in [5.74, 6) is 2.50. The number of unbranched alkanes of at least 4 members (excludes halogenated alkanes) is 2. The lowest BCUT2D eigenvalue weighted by atomic mass is 10.2. The molecule has 0 heterocycles. The summed E-state index contributed by atoms with van der Waals surface area (Å²) >= 11 is 0. The molecule has 0 aromatic carbocycles. The Morgan fingerprint density at radius 2 is 1.40 bits per heavy atom. The molecule has 15 heavy (non-hydrogen) atoms. The maximum Gasteiger partial charge on any atom is -0.0140 e. The van der Waals surface area contributed by atoms with Gasteiger partial charge in [0.15, 0.2) is 0 Å². The van der Waals surface area contributed by atoms with Crippen LogP contribution in [0.1, 0.15) is 67.7 Å². The molecule has 0 nitrogen and oxygen atoms in total. The standard InChI is InChI=1S/C14H29P/c1-8-9-10-11-12-15(13(2,3)4)14(5,6)7/h11-12H,8-10H2,1-7H3. The molecule has 0 atom stereocenters. The zero-order valence-corrected chi connectivity index (χ0v) is 12.6. The van der Waals surface area contributed by atoms with Crippen LogP contribution < -0.4 is 0 Å². The van der Waals surface area contributed by atoms with Crippen molar-refractivity contribution >= 4 is 7.92 Å². The van der Waals surface area contributed by atoms with Crippen LogP contribution in [0.3, 0.4) is 0 Å². The van der Waals surface area contributed by atoms with Crippen molar-refractivity contribution in [2.45, 2.75) is 78.0 Å². The second kappa shape index (κ2) is 6.04. The molecule has 0 amide bonds. The molecule has 90 valence electrons. The van der Waals surface area contributed by atoms with Gasteiger partial charge >= 0.3 is 0 Å². The molecule has 1 heteroatoms. The number of hydrogen-bond donors (Lipinski definition) is 0. The van der Waals surface area contributed by atoms with Gasteiger partial charge in [-0.2, -0.15) is 0 Å². The molecule has 0 aliphatic heterocycles. The highest BCUT2D eigenvalue weighted by atomic mass is 31.1. The van der Waals surface area contributed by atoms with E-state index in [1.165, 1.54) is 19.3 Å². The topological polar surface area (TPSA) is 0 Å². The molecule has 0 radical (unpaired) electrons. The third-order valence-corrected chi connectivity index (χ3v) is 5.82.